The molecule has 2 aromatic carbocycles. The van der Waals surface area contributed by atoms with E-state index in [-0.39, 0.29) is 45.2 Å². The third-order valence-electron chi connectivity index (χ3n) is 8.71. The Hall–Kier alpha value is -3.36. The number of carbonyl (C=O) groups is 2. The predicted molar refractivity (Wildman–Crippen MR) is 171 cm³/mol. The predicted octanol–water partition coefficient (Wildman–Crippen LogP) is 7.55. The Morgan fingerprint density at radius 2 is 1.50 bits per heavy atom. The molecular formula is C35H40ClNO6S. The van der Waals surface area contributed by atoms with Crippen molar-refractivity contribution >= 4 is 33.3 Å². The minimum absolute atomic E-state index is 0.0266. The lowest BCUT2D eigenvalue weighted by molar-refractivity contribution is -0.119. The van der Waals surface area contributed by atoms with Crippen molar-refractivity contribution in [3.05, 3.63) is 87.7 Å². The summed E-state index contributed by atoms with van der Waals surface area (Å²) in [5.74, 6) is -0.328. The van der Waals surface area contributed by atoms with Crippen LogP contribution < -0.4 is 8.92 Å². The monoisotopic (exact) mass is 637 g/mol. The number of ketones is 2. The van der Waals surface area contributed by atoms with Gasteiger partial charge in [0.1, 0.15) is 4.90 Å². The second-order valence-corrected chi connectivity index (χ2v) is 15.5. The second kappa shape index (κ2) is 11.5. The molecule has 0 spiro atoms. The molecule has 2 aliphatic carbocycles. The van der Waals surface area contributed by atoms with Crippen LogP contribution >= 0.6 is 11.6 Å². The van der Waals surface area contributed by atoms with E-state index in [1.807, 2.05) is 6.07 Å². The van der Waals surface area contributed by atoms with Gasteiger partial charge in [0, 0.05) is 58.4 Å². The number of nitrogens with zero attached hydrogens (tertiary/aromatic N) is 1. The van der Waals surface area contributed by atoms with Gasteiger partial charge >= 0.3 is 10.1 Å². The van der Waals surface area contributed by atoms with Gasteiger partial charge in [-0.2, -0.15) is 8.42 Å². The molecule has 44 heavy (non-hydrogen) atoms. The van der Waals surface area contributed by atoms with Crippen LogP contribution in [0.3, 0.4) is 0 Å². The van der Waals surface area contributed by atoms with Crippen molar-refractivity contribution in [1.82, 2.24) is 4.90 Å². The largest absolute Gasteiger partial charge is 0.493 e. The van der Waals surface area contributed by atoms with E-state index in [9.17, 15) is 18.0 Å². The molecule has 2 aromatic rings. The Bertz CT molecular complexity index is 1660. The van der Waals surface area contributed by atoms with Crippen LogP contribution in [-0.4, -0.2) is 38.5 Å². The highest BCUT2D eigenvalue weighted by atomic mass is 35.5. The highest BCUT2D eigenvalue weighted by Crippen LogP contribution is 2.55. The maximum atomic E-state index is 14.0. The fourth-order valence-electron chi connectivity index (χ4n) is 6.93. The first-order valence-corrected chi connectivity index (χ1v) is 16.7. The van der Waals surface area contributed by atoms with Crippen molar-refractivity contribution in [2.45, 2.75) is 77.5 Å². The molecule has 0 atom stereocenters. The lowest BCUT2D eigenvalue weighted by Crippen LogP contribution is -2.44. The Morgan fingerprint density at radius 1 is 0.955 bits per heavy atom. The summed E-state index contributed by atoms with van der Waals surface area (Å²) in [4.78, 5) is 30.2. The summed E-state index contributed by atoms with van der Waals surface area (Å²) >= 11 is 5.97. The number of halogens is 1. The summed E-state index contributed by atoms with van der Waals surface area (Å²) in [5, 5.41) is 0.399. The van der Waals surface area contributed by atoms with Gasteiger partial charge in [-0.3, -0.25) is 9.59 Å². The molecule has 0 saturated heterocycles. The quantitative estimate of drug-likeness (QED) is 0.218. The molecular weight excluding hydrogens is 598 g/mol. The minimum Gasteiger partial charge on any atom is -0.493 e. The van der Waals surface area contributed by atoms with Crippen molar-refractivity contribution in [1.29, 1.82) is 0 Å². The number of hydrogen-bond donors (Lipinski definition) is 0. The molecule has 5 rings (SSSR count). The lowest BCUT2D eigenvalue weighted by atomic mass is 9.63. The summed E-state index contributed by atoms with van der Waals surface area (Å²) < 4.78 is 38.1. The van der Waals surface area contributed by atoms with Crippen molar-refractivity contribution in [2.24, 2.45) is 10.8 Å². The molecule has 234 valence electrons. The van der Waals surface area contributed by atoms with E-state index in [4.69, 9.17) is 20.5 Å². The molecule has 0 amide bonds. The lowest BCUT2D eigenvalue weighted by Gasteiger charge is -2.49. The first-order valence-electron chi connectivity index (χ1n) is 14.9. The van der Waals surface area contributed by atoms with Crippen molar-refractivity contribution in [3.63, 3.8) is 0 Å². The molecule has 0 fully saturated rings. The van der Waals surface area contributed by atoms with E-state index in [0.29, 0.717) is 59.5 Å². The van der Waals surface area contributed by atoms with Gasteiger partial charge < -0.3 is 13.8 Å². The van der Waals surface area contributed by atoms with Crippen LogP contribution in [0.15, 0.2) is 76.5 Å². The molecule has 1 aliphatic heterocycles. The van der Waals surface area contributed by atoms with Gasteiger partial charge in [0.2, 0.25) is 0 Å². The van der Waals surface area contributed by atoms with Gasteiger partial charge in [0.05, 0.1) is 7.11 Å². The Morgan fingerprint density at radius 3 is 1.98 bits per heavy atom. The zero-order valence-electron chi connectivity index (χ0n) is 26.3. The van der Waals surface area contributed by atoms with E-state index >= 15 is 0 Å². The molecule has 0 N–H and O–H groups in total. The maximum absolute atomic E-state index is 14.0. The average molecular weight is 638 g/mol. The van der Waals surface area contributed by atoms with Gasteiger partial charge in [-0.1, -0.05) is 51.4 Å². The number of carbonyl (C=O) groups excluding carboxylic acids is 2. The van der Waals surface area contributed by atoms with Gasteiger partial charge in [0.15, 0.2) is 23.1 Å². The van der Waals surface area contributed by atoms with Crippen LogP contribution in [0.2, 0.25) is 5.02 Å². The number of Topliss-reactive ketones (excluding diaryl/α,β-unsaturated/α-hetero) is 2. The van der Waals surface area contributed by atoms with E-state index in [2.05, 4.69) is 46.1 Å². The summed E-state index contributed by atoms with van der Waals surface area (Å²) in [5.41, 5.74) is 3.99. The van der Waals surface area contributed by atoms with E-state index < -0.39 is 16.0 Å². The topological polar surface area (TPSA) is 90.0 Å². The SMILES string of the molecule is C=CCc1cc(C2C3=C(CC(C)(C)CC3=O)N(CC)C3=C2C(=O)CC(C)(C)C3)cc(OC)c1OS(=O)(=O)c1ccc(Cl)cc1. The number of ether oxygens (including phenoxy) is 1. The molecule has 0 radical (unpaired) electrons. The van der Waals surface area contributed by atoms with Crippen LogP contribution in [0.5, 0.6) is 11.5 Å². The smallest absolute Gasteiger partial charge is 0.339 e. The summed E-state index contributed by atoms with van der Waals surface area (Å²) in [7, 11) is -2.80. The number of methoxy groups -OCH3 is 1. The molecule has 0 bridgehead atoms. The highest BCUT2D eigenvalue weighted by molar-refractivity contribution is 7.87. The Balaban J connectivity index is 1.73. The van der Waals surface area contributed by atoms with E-state index in [0.717, 1.165) is 11.4 Å². The van der Waals surface area contributed by atoms with Crippen molar-refractivity contribution in [3.8, 4) is 11.5 Å². The summed E-state index contributed by atoms with van der Waals surface area (Å²) in [6.45, 7) is 15.0. The first kappa shape index (κ1) is 32.0. The molecule has 3 aliphatic rings. The third kappa shape index (κ3) is 5.86. The normalized spacial score (nSPS) is 19.9. The van der Waals surface area contributed by atoms with Crippen LogP contribution in [0.4, 0.5) is 0 Å². The van der Waals surface area contributed by atoms with E-state index in [1.54, 1.807) is 12.1 Å². The van der Waals surface area contributed by atoms with E-state index in [1.165, 1.54) is 31.4 Å². The number of hydrogen-bond acceptors (Lipinski definition) is 7. The van der Waals surface area contributed by atoms with Crippen molar-refractivity contribution < 1.29 is 26.9 Å². The Labute approximate surface area is 265 Å². The molecule has 9 heteroatoms. The van der Waals surface area contributed by atoms with Gasteiger partial charge in [-0.25, -0.2) is 0 Å². The first-order chi connectivity index (χ1) is 20.6. The minimum atomic E-state index is -4.24. The van der Waals surface area contributed by atoms with Crippen LogP contribution in [0.25, 0.3) is 0 Å². The van der Waals surface area contributed by atoms with Crippen LogP contribution in [0.1, 0.15) is 77.3 Å². The number of rotatable bonds is 8. The zero-order valence-corrected chi connectivity index (χ0v) is 27.8. The molecule has 0 saturated carbocycles. The molecule has 7 nitrogen and oxygen atoms in total. The molecule has 0 aromatic heterocycles. The number of allylic oxidation sites excluding steroid dienone is 5. The standard InChI is InChI=1S/C35H40ClNO6S/c1-8-10-21-15-22(16-29(42-7)33(21)43-44(40,41)24-13-11-23(36)12-14-24)30-31-25(17-34(3,4)19-27(31)38)37(9-2)26-18-35(5,6)20-28(39)32(26)30/h8,11-16,30H,1,9-10,17-20H2,2-7H3. The molecule has 0 unspecified atom stereocenters. The van der Waals surface area contributed by atoms with Crippen molar-refractivity contribution in [2.75, 3.05) is 13.7 Å². The Kier molecular flexibility index (Phi) is 8.40. The average Bonchev–Trinajstić information content (AvgIpc) is 2.91. The molecule has 1 heterocycles. The zero-order chi connectivity index (χ0) is 32.2. The fourth-order valence-corrected chi connectivity index (χ4v) is 8.03. The van der Waals surface area contributed by atoms with Crippen LogP contribution in [0, 0.1) is 10.8 Å². The third-order valence-corrected chi connectivity index (χ3v) is 10.2. The summed E-state index contributed by atoms with van der Waals surface area (Å²) in [6, 6.07) is 9.25. The van der Waals surface area contributed by atoms with Gasteiger partial charge in [0.25, 0.3) is 0 Å². The number of benzene rings is 2. The second-order valence-electron chi connectivity index (χ2n) is 13.5. The highest BCUT2D eigenvalue weighted by Gasteiger charge is 2.49. The fraction of sp³-hybridized carbons (Fsp3) is 0.429. The van der Waals surface area contributed by atoms with Gasteiger partial charge in [-0.05, 0) is 72.9 Å². The van der Waals surface area contributed by atoms with Gasteiger partial charge in [-0.15, -0.1) is 6.58 Å². The maximum Gasteiger partial charge on any atom is 0.339 e. The summed E-state index contributed by atoms with van der Waals surface area (Å²) in [6.07, 6.45) is 4.09. The van der Waals surface area contributed by atoms with Crippen LogP contribution in [-0.2, 0) is 26.1 Å².